The third kappa shape index (κ3) is 5.04. The summed E-state index contributed by atoms with van der Waals surface area (Å²) < 4.78 is 27.1. The normalized spacial score (nSPS) is 17.4. The molecule has 0 radical (unpaired) electrons. The quantitative estimate of drug-likeness (QED) is 0.686. The molecule has 0 aliphatic carbocycles. The number of hydrogen-bond donors (Lipinski definition) is 3. The molecule has 1 aromatic carbocycles. The molecule has 0 saturated carbocycles. The Kier molecular flexibility index (Phi) is 5.72. The first-order chi connectivity index (χ1) is 12.0. The zero-order valence-corrected chi connectivity index (χ0v) is 15.3. The largest absolute Gasteiger partial charge is 0.354 e. The minimum Gasteiger partial charge on any atom is -0.354 e. The molecule has 1 unspecified atom stereocenters. The number of nitrogens with one attached hydrogen (secondary N) is 3. The van der Waals surface area contributed by atoms with Crippen LogP contribution in [-0.4, -0.2) is 33.5 Å². The van der Waals surface area contributed by atoms with Gasteiger partial charge in [-0.2, -0.15) is 0 Å². The maximum atomic E-state index is 12.2. The lowest BCUT2D eigenvalue weighted by atomic mass is 10.1. The van der Waals surface area contributed by atoms with Gasteiger partial charge < -0.3 is 10.6 Å². The fourth-order valence-corrected chi connectivity index (χ4v) is 4.78. The van der Waals surface area contributed by atoms with E-state index in [1.54, 1.807) is 41.8 Å². The van der Waals surface area contributed by atoms with Gasteiger partial charge in [0.2, 0.25) is 5.91 Å². The molecule has 1 fully saturated rings. The van der Waals surface area contributed by atoms with Gasteiger partial charge in [0.25, 0.3) is 10.0 Å². The van der Waals surface area contributed by atoms with Crippen molar-refractivity contribution in [2.75, 3.05) is 17.8 Å². The molecule has 0 bridgehead atoms. The van der Waals surface area contributed by atoms with Crippen molar-refractivity contribution in [2.45, 2.75) is 29.5 Å². The number of hydrogen-bond acceptors (Lipinski definition) is 5. The van der Waals surface area contributed by atoms with Crippen molar-refractivity contribution in [1.82, 2.24) is 10.6 Å². The number of rotatable bonds is 7. The minimum absolute atomic E-state index is 0.0272. The van der Waals surface area contributed by atoms with Crippen molar-refractivity contribution in [3.05, 3.63) is 47.3 Å². The zero-order valence-electron chi connectivity index (χ0n) is 13.7. The number of amides is 1. The maximum Gasteiger partial charge on any atom is 0.271 e. The first kappa shape index (κ1) is 17.9. The number of sulfonamides is 1. The molecule has 1 aromatic heterocycles. The van der Waals surface area contributed by atoms with Crippen LogP contribution in [0.25, 0.3) is 0 Å². The average molecular weight is 380 g/mol. The molecule has 1 aliphatic heterocycles. The Hall–Kier alpha value is -1.90. The van der Waals surface area contributed by atoms with E-state index in [2.05, 4.69) is 15.4 Å². The monoisotopic (exact) mass is 379 g/mol. The van der Waals surface area contributed by atoms with E-state index in [0.717, 1.165) is 24.9 Å². The van der Waals surface area contributed by atoms with E-state index in [4.69, 9.17) is 0 Å². The number of anilines is 1. The molecule has 6 nitrogen and oxygen atoms in total. The van der Waals surface area contributed by atoms with Gasteiger partial charge >= 0.3 is 0 Å². The maximum absolute atomic E-state index is 12.2. The molecule has 3 rings (SSSR count). The highest BCUT2D eigenvalue weighted by atomic mass is 32.2. The van der Waals surface area contributed by atoms with Crippen molar-refractivity contribution in [3.63, 3.8) is 0 Å². The van der Waals surface area contributed by atoms with E-state index in [0.29, 0.717) is 18.3 Å². The fraction of sp³-hybridized carbons (Fsp3) is 0.353. The number of carbonyl (C=O) groups excluding carboxylic acids is 1. The van der Waals surface area contributed by atoms with E-state index in [1.807, 2.05) is 0 Å². The molecule has 2 aromatic rings. The summed E-state index contributed by atoms with van der Waals surface area (Å²) in [6, 6.07) is 10.5. The Bertz CT molecular complexity index is 796. The molecule has 0 spiro atoms. The summed E-state index contributed by atoms with van der Waals surface area (Å²) in [6.45, 7) is 1.67. The van der Waals surface area contributed by atoms with Crippen LogP contribution in [0, 0.1) is 0 Å². The van der Waals surface area contributed by atoms with Crippen LogP contribution in [0.2, 0.25) is 0 Å². The van der Waals surface area contributed by atoms with Gasteiger partial charge in [0.1, 0.15) is 4.21 Å². The third-order valence-electron chi connectivity index (χ3n) is 4.04. The first-order valence-electron chi connectivity index (χ1n) is 8.18. The number of thiophene rings is 1. The van der Waals surface area contributed by atoms with Crippen molar-refractivity contribution >= 4 is 33.0 Å². The van der Waals surface area contributed by atoms with Crippen LogP contribution in [0.4, 0.5) is 5.69 Å². The standard InChI is InChI=1S/C17H21N3O3S2/c21-16(19-12-15-3-1-9-18-15)11-13-5-7-14(8-6-13)20-25(22,23)17-4-2-10-24-17/h2,4-8,10,15,18,20H,1,3,9,11-12H2,(H,19,21). The second-order valence-corrected chi connectivity index (χ2v) is 8.87. The smallest absolute Gasteiger partial charge is 0.271 e. The fourth-order valence-electron chi connectivity index (χ4n) is 2.73. The van der Waals surface area contributed by atoms with Crippen LogP contribution < -0.4 is 15.4 Å². The van der Waals surface area contributed by atoms with Gasteiger partial charge in [-0.1, -0.05) is 18.2 Å². The van der Waals surface area contributed by atoms with Gasteiger partial charge in [-0.05, 0) is 48.5 Å². The van der Waals surface area contributed by atoms with Crippen LogP contribution in [0.5, 0.6) is 0 Å². The van der Waals surface area contributed by atoms with Crippen LogP contribution in [-0.2, 0) is 21.2 Å². The van der Waals surface area contributed by atoms with E-state index in [1.165, 1.54) is 11.3 Å². The molecule has 8 heteroatoms. The Morgan fingerprint density at radius 2 is 2.04 bits per heavy atom. The molecule has 1 atom stereocenters. The summed E-state index contributed by atoms with van der Waals surface area (Å²) in [5.74, 6) is -0.0272. The summed E-state index contributed by atoms with van der Waals surface area (Å²) in [4.78, 5) is 12.0. The lowest BCUT2D eigenvalue weighted by molar-refractivity contribution is -0.120. The van der Waals surface area contributed by atoms with Crippen molar-refractivity contribution in [3.8, 4) is 0 Å². The van der Waals surface area contributed by atoms with Crippen molar-refractivity contribution in [1.29, 1.82) is 0 Å². The number of carbonyl (C=O) groups is 1. The third-order valence-corrected chi connectivity index (χ3v) is 6.82. The van der Waals surface area contributed by atoms with Gasteiger partial charge in [-0.3, -0.25) is 9.52 Å². The van der Waals surface area contributed by atoms with Crippen molar-refractivity contribution in [2.24, 2.45) is 0 Å². The Labute approximate surface area is 151 Å². The predicted molar refractivity (Wildman–Crippen MR) is 99.3 cm³/mol. The van der Waals surface area contributed by atoms with Crippen LogP contribution in [0.3, 0.4) is 0 Å². The molecular weight excluding hydrogens is 358 g/mol. The highest BCUT2D eigenvalue weighted by Crippen LogP contribution is 2.20. The second-order valence-electron chi connectivity index (χ2n) is 6.01. The topological polar surface area (TPSA) is 87.3 Å². The summed E-state index contributed by atoms with van der Waals surface area (Å²) in [7, 11) is -3.54. The molecular formula is C17H21N3O3S2. The van der Waals surface area contributed by atoms with Crippen molar-refractivity contribution < 1.29 is 13.2 Å². The molecule has 25 heavy (non-hydrogen) atoms. The molecule has 1 aliphatic rings. The molecule has 1 amide bonds. The summed E-state index contributed by atoms with van der Waals surface area (Å²) >= 11 is 1.17. The zero-order chi connectivity index (χ0) is 17.7. The average Bonchev–Trinajstić information content (AvgIpc) is 3.28. The van der Waals surface area contributed by atoms with Gasteiger partial charge in [0.15, 0.2) is 0 Å². The first-order valence-corrected chi connectivity index (χ1v) is 10.5. The Morgan fingerprint density at radius 1 is 1.24 bits per heavy atom. The van der Waals surface area contributed by atoms with Gasteiger partial charge in [0.05, 0.1) is 6.42 Å². The van der Waals surface area contributed by atoms with E-state index in [-0.39, 0.29) is 16.5 Å². The van der Waals surface area contributed by atoms with E-state index in [9.17, 15) is 13.2 Å². The highest BCUT2D eigenvalue weighted by Gasteiger charge is 2.16. The summed E-state index contributed by atoms with van der Waals surface area (Å²) in [5.41, 5.74) is 1.32. The minimum atomic E-state index is -3.54. The molecule has 1 saturated heterocycles. The second kappa shape index (κ2) is 7.99. The lowest BCUT2D eigenvalue weighted by Crippen LogP contribution is -2.37. The SMILES string of the molecule is O=C(Cc1ccc(NS(=O)(=O)c2cccs2)cc1)NCC1CCCN1. The highest BCUT2D eigenvalue weighted by molar-refractivity contribution is 7.94. The molecule has 134 valence electrons. The Morgan fingerprint density at radius 3 is 2.68 bits per heavy atom. The van der Waals surface area contributed by atoms with Gasteiger partial charge in [-0.15, -0.1) is 11.3 Å². The summed E-state index contributed by atoms with van der Waals surface area (Å²) in [6.07, 6.45) is 2.54. The number of benzene rings is 1. The van der Waals surface area contributed by atoms with Crippen LogP contribution >= 0.6 is 11.3 Å². The van der Waals surface area contributed by atoms with Gasteiger partial charge in [0, 0.05) is 18.3 Å². The molecule has 2 heterocycles. The van der Waals surface area contributed by atoms with E-state index < -0.39 is 10.0 Å². The van der Waals surface area contributed by atoms with Crippen LogP contribution in [0.15, 0.2) is 46.0 Å². The van der Waals surface area contributed by atoms with Crippen LogP contribution in [0.1, 0.15) is 18.4 Å². The lowest BCUT2D eigenvalue weighted by Gasteiger charge is -2.11. The predicted octanol–water partition coefficient (Wildman–Crippen LogP) is 1.96. The molecule has 3 N–H and O–H groups in total. The van der Waals surface area contributed by atoms with E-state index >= 15 is 0 Å². The van der Waals surface area contributed by atoms with Gasteiger partial charge in [-0.25, -0.2) is 8.42 Å². The summed E-state index contributed by atoms with van der Waals surface area (Å²) in [5, 5.41) is 7.99. The Balaban J connectivity index is 1.52.